The maximum atomic E-state index is 12.8. The number of rotatable bonds is 3. The molecular formula is C15H8F3IN2OS2. The van der Waals surface area contributed by atoms with Crippen LogP contribution in [-0.4, -0.2) is 10.9 Å². The highest BCUT2D eigenvalue weighted by atomic mass is 127. The molecule has 3 nitrogen and oxygen atoms in total. The largest absolute Gasteiger partial charge is 0.416 e. The molecular weight excluding hydrogens is 472 g/mol. The second-order valence-electron chi connectivity index (χ2n) is 4.70. The molecule has 0 bridgehead atoms. The van der Waals surface area contributed by atoms with Crippen molar-refractivity contribution in [3.63, 3.8) is 0 Å². The Balaban J connectivity index is 1.83. The lowest BCUT2D eigenvalue weighted by molar-refractivity contribution is -0.137. The number of anilines is 1. The van der Waals surface area contributed by atoms with Crippen molar-refractivity contribution in [1.82, 2.24) is 4.98 Å². The van der Waals surface area contributed by atoms with Gasteiger partial charge in [0.05, 0.1) is 11.3 Å². The lowest BCUT2D eigenvalue weighted by Gasteiger charge is -2.11. The first-order valence-electron chi connectivity index (χ1n) is 6.51. The van der Waals surface area contributed by atoms with Crippen molar-refractivity contribution in [3.05, 3.63) is 55.2 Å². The van der Waals surface area contributed by atoms with E-state index in [0.717, 1.165) is 17.7 Å². The van der Waals surface area contributed by atoms with E-state index in [1.54, 1.807) is 5.38 Å². The van der Waals surface area contributed by atoms with E-state index in [-0.39, 0.29) is 11.4 Å². The number of nitrogens with zero attached hydrogens (tertiary/aromatic N) is 1. The molecule has 3 rings (SSSR count). The van der Waals surface area contributed by atoms with Crippen molar-refractivity contribution >= 4 is 56.9 Å². The first kappa shape index (κ1) is 17.4. The maximum absolute atomic E-state index is 12.8. The first-order chi connectivity index (χ1) is 11.3. The van der Waals surface area contributed by atoms with Crippen LogP contribution in [0.1, 0.15) is 16.1 Å². The zero-order chi connectivity index (χ0) is 17.3. The van der Waals surface area contributed by atoms with Crippen molar-refractivity contribution in [3.8, 4) is 10.6 Å². The molecule has 0 saturated carbocycles. The van der Waals surface area contributed by atoms with E-state index in [1.165, 1.54) is 28.7 Å². The van der Waals surface area contributed by atoms with Crippen LogP contribution in [-0.2, 0) is 6.18 Å². The lowest BCUT2D eigenvalue weighted by Crippen LogP contribution is -2.14. The smallest absolute Gasteiger partial charge is 0.320 e. The van der Waals surface area contributed by atoms with Gasteiger partial charge in [0, 0.05) is 19.9 Å². The summed E-state index contributed by atoms with van der Waals surface area (Å²) in [6, 6.07) is 5.11. The Labute approximate surface area is 156 Å². The minimum absolute atomic E-state index is 0.112. The highest BCUT2D eigenvalue weighted by Crippen LogP contribution is 2.33. The third kappa shape index (κ3) is 3.78. The number of carbonyl (C=O) groups is 1. The quantitative estimate of drug-likeness (QED) is 0.486. The normalized spacial score (nSPS) is 11.5. The van der Waals surface area contributed by atoms with E-state index in [0.29, 0.717) is 8.58 Å². The maximum Gasteiger partial charge on any atom is 0.416 e. The van der Waals surface area contributed by atoms with Gasteiger partial charge < -0.3 is 5.32 Å². The van der Waals surface area contributed by atoms with Gasteiger partial charge in [-0.25, -0.2) is 4.98 Å². The molecule has 0 atom stereocenters. The topological polar surface area (TPSA) is 42.0 Å². The minimum atomic E-state index is -4.46. The number of amides is 1. The van der Waals surface area contributed by atoms with Crippen molar-refractivity contribution < 1.29 is 18.0 Å². The fourth-order valence-electron chi connectivity index (χ4n) is 1.88. The summed E-state index contributed by atoms with van der Waals surface area (Å²) in [6.45, 7) is 0. The number of halogens is 4. The lowest BCUT2D eigenvalue weighted by atomic mass is 10.2. The zero-order valence-electron chi connectivity index (χ0n) is 11.7. The monoisotopic (exact) mass is 480 g/mol. The Kier molecular flexibility index (Phi) is 4.92. The van der Waals surface area contributed by atoms with E-state index in [4.69, 9.17) is 0 Å². The molecule has 1 amide bonds. The predicted molar refractivity (Wildman–Crippen MR) is 97.5 cm³/mol. The predicted octanol–water partition coefficient (Wildman–Crippen LogP) is 5.75. The second kappa shape index (κ2) is 6.81. The van der Waals surface area contributed by atoms with Gasteiger partial charge in [-0.15, -0.1) is 11.3 Å². The molecule has 9 heteroatoms. The average molecular weight is 480 g/mol. The molecule has 2 aromatic heterocycles. The summed E-state index contributed by atoms with van der Waals surface area (Å²) in [7, 11) is 0. The number of thiophene rings is 1. The number of alkyl halides is 3. The van der Waals surface area contributed by atoms with Crippen LogP contribution in [0.25, 0.3) is 10.6 Å². The molecule has 0 aliphatic carbocycles. The second-order valence-corrected chi connectivity index (χ2v) is 7.50. The number of hydrogen-bond donors (Lipinski definition) is 1. The van der Waals surface area contributed by atoms with Gasteiger partial charge in [0.15, 0.2) is 0 Å². The summed E-state index contributed by atoms with van der Waals surface area (Å²) >= 11 is 4.70. The number of benzene rings is 1. The summed E-state index contributed by atoms with van der Waals surface area (Å²) in [5, 5.41) is 8.60. The molecule has 0 radical (unpaired) electrons. The zero-order valence-corrected chi connectivity index (χ0v) is 15.5. The van der Waals surface area contributed by atoms with Crippen LogP contribution in [0, 0.1) is 3.57 Å². The van der Waals surface area contributed by atoms with Crippen molar-refractivity contribution in [2.24, 2.45) is 0 Å². The molecule has 2 heterocycles. The van der Waals surface area contributed by atoms with Crippen LogP contribution in [0.2, 0.25) is 0 Å². The van der Waals surface area contributed by atoms with Crippen molar-refractivity contribution in [2.45, 2.75) is 6.18 Å². The third-order valence-electron chi connectivity index (χ3n) is 3.05. The molecule has 124 valence electrons. The fraction of sp³-hybridized carbons (Fsp3) is 0.0667. The summed E-state index contributed by atoms with van der Waals surface area (Å²) in [6.07, 6.45) is -4.46. The molecule has 0 aliphatic rings. The Hall–Kier alpha value is -1.46. The van der Waals surface area contributed by atoms with Crippen LogP contribution in [0.3, 0.4) is 0 Å². The van der Waals surface area contributed by atoms with Gasteiger partial charge in [-0.3, -0.25) is 4.79 Å². The van der Waals surface area contributed by atoms with Gasteiger partial charge in [-0.1, -0.05) is 0 Å². The van der Waals surface area contributed by atoms with Gasteiger partial charge in [-0.2, -0.15) is 24.5 Å². The van der Waals surface area contributed by atoms with Gasteiger partial charge in [0.1, 0.15) is 10.7 Å². The first-order valence-corrected chi connectivity index (χ1v) is 9.41. The Morgan fingerprint density at radius 3 is 2.67 bits per heavy atom. The van der Waals surface area contributed by atoms with E-state index < -0.39 is 17.6 Å². The molecule has 3 aromatic rings. The van der Waals surface area contributed by atoms with E-state index in [1.807, 2.05) is 39.4 Å². The molecule has 0 fully saturated rings. The molecule has 1 N–H and O–H groups in total. The van der Waals surface area contributed by atoms with Crippen molar-refractivity contribution in [2.75, 3.05) is 5.32 Å². The number of nitrogens with one attached hydrogen (secondary N) is 1. The van der Waals surface area contributed by atoms with Crippen LogP contribution < -0.4 is 5.32 Å². The highest BCUT2D eigenvalue weighted by molar-refractivity contribution is 14.1. The van der Waals surface area contributed by atoms with Gasteiger partial charge in [-0.05, 0) is 52.2 Å². The van der Waals surface area contributed by atoms with Gasteiger partial charge in [0.2, 0.25) is 0 Å². The molecule has 0 spiro atoms. The summed E-state index contributed by atoms with van der Waals surface area (Å²) in [5.41, 5.74) is 0.392. The number of aromatic nitrogens is 1. The molecule has 0 unspecified atom stereocenters. The van der Waals surface area contributed by atoms with Gasteiger partial charge in [0.25, 0.3) is 5.91 Å². The van der Waals surface area contributed by atoms with E-state index in [9.17, 15) is 18.0 Å². The molecule has 24 heavy (non-hydrogen) atoms. The van der Waals surface area contributed by atoms with Crippen molar-refractivity contribution in [1.29, 1.82) is 0 Å². The summed E-state index contributed by atoms with van der Waals surface area (Å²) in [5.74, 6) is -0.537. The number of carbonyl (C=O) groups excluding carboxylic acids is 1. The molecule has 0 aliphatic heterocycles. The fourth-order valence-corrected chi connectivity index (χ4v) is 3.86. The highest BCUT2D eigenvalue weighted by Gasteiger charge is 2.31. The Bertz CT molecular complexity index is 875. The standard InChI is InChI=1S/C15H8F3IN2OS2/c16-15(17,18)9-1-2-10(19)11(5-9)20-13(22)12-7-24-14(21-12)8-3-4-23-6-8/h1-7H,(H,20,22). The van der Waals surface area contributed by atoms with Crippen LogP contribution in [0.15, 0.2) is 40.4 Å². The van der Waals surface area contributed by atoms with Crippen LogP contribution in [0.4, 0.5) is 18.9 Å². The van der Waals surface area contributed by atoms with Crippen LogP contribution in [0.5, 0.6) is 0 Å². The Morgan fingerprint density at radius 1 is 1.21 bits per heavy atom. The average Bonchev–Trinajstić information content (AvgIpc) is 3.19. The van der Waals surface area contributed by atoms with E-state index >= 15 is 0 Å². The van der Waals surface area contributed by atoms with Gasteiger partial charge >= 0.3 is 6.18 Å². The molecule has 1 aromatic carbocycles. The number of thiazole rings is 1. The Morgan fingerprint density at radius 2 is 2.00 bits per heavy atom. The SMILES string of the molecule is O=C(Nc1cc(C(F)(F)F)ccc1I)c1csc(-c2ccsc2)n1. The third-order valence-corrected chi connectivity index (χ3v) is 5.56. The molecule has 0 saturated heterocycles. The van der Waals surface area contributed by atoms with E-state index in [2.05, 4.69) is 10.3 Å². The minimum Gasteiger partial charge on any atom is -0.320 e. The van der Waals surface area contributed by atoms with Crippen LogP contribution >= 0.6 is 45.3 Å². The summed E-state index contributed by atoms with van der Waals surface area (Å²) in [4.78, 5) is 16.5. The summed E-state index contributed by atoms with van der Waals surface area (Å²) < 4.78 is 38.9. The number of hydrogen-bond acceptors (Lipinski definition) is 4.